The van der Waals surface area contributed by atoms with E-state index < -0.39 is 5.66 Å². The molecule has 0 aliphatic carbocycles. The van der Waals surface area contributed by atoms with Gasteiger partial charge in [0.15, 0.2) is 0 Å². The second kappa shape index (κ2) is 5.08. The summed E-state index contributed by atoms with van der Waals surface area (Å²) in [6.07, 6.45) is 0. The maximum absolute atomic E-state index is 12.7. The number of benzene rings is 3. The molecule has 0 fully saturated rings. The van der Waals surface area contributed by atoms with Gasteiger partial charge in [0, 0.05) is 5.56 Å². The van der Waals surface area contributed by atoms with E-state index in [0.29, 0.717) is 5.90 Å². The van der Waals surface area contributed by atoms with Gasteiger partial charge in [-0.05, 0) is 35.0 Å². The zero-order chi connectivity index (χ0) is 16.9. The first-order valence-corrected chi connectivity index (χ1v) is 8.14. The van der Waals surface area contributed by atoms with E-state index in [2.05, 4.69) is 15.6 Å². The molecule has 3 aromatic rings. The summed E-state index contributed by atoms with van der Waals surface area (Å²) in [5.74, 6) is 0.272. The van der Waals surface area contributed by atoms with Gasteiger partial charge in [-0.25, -0.2) is 4.99 Å². The van der Waals surface area contributed by atoms with Crippen molar-refractivity contribution >= 4 is 34.0 Å². The van der Waals surface area contributed by atoms with Crippen LogP contribution in [0.2, 0.25) is 0 Å². The molecule has 5 nitrogen and oxygen atoms in total. The molecule has 3 aromatic carbocycles. The molecule has 1 atom stereocenters. The van der Waals surface area contributed by atoms with Crippen molar-refractivity contribution in [2.24, 2.45) is 4.99 Å². The largest absolute Gasteiger partial charge is 0.472 e. The summed E-state index contributed by atoms with van der Waals surface area (Å²) in [4.78, 5) is 17.3. The van der Waals surface area contributed by atoms with Gasteiger partial charge in [0.2, 0.25) is 11.6 Å². The lowest BCUT2D eigenvalue weighted by Crippen LogP contribution is -2.52. The normalized spacial score (nSPS) is 21.3. The molecular formula is C20H15N3O2. The highest BCUT2D eigenvalue weighted by molar-refractivity contribution is 6.11. The highest BCUT2D eigenvalue weighted by atomic mass is 16.5. The van der Waals surface area contributed by atoms with Crippen molar-refractivity contribution in [3.05, 3.63) is 72.3 Å². The number of amides is 1. The predicted octanol–water partition coefficient (Wildman–Crippen LogP) is 3.38. The van der Waals surface area contributed by atoms with Gasteiger partial charge in [0.25, 0.3) is 5.91 Å². The Bertz CT molecular complexity index is 1030. The Kier molecular flexibility index (Phi) is 2.85. The summed E-state index contributed by atoms with van der Waals surface area (Å²) in [6, 6.07) is 21.7. The van der Waals surface area contributed by atoms with Crippen molar-refractivity contribution in [2.75, 3.05) is 17.2 Å². The minimum Gasteiger partial charge on any atom is -0.472 e. The Hall–Kier alpha value is -3.34. The number of anilines is 2. The summed E-state index contributed by atoms with van der Waals surface area (Å²) in [6.45, 7) is 0.162. The zero-order valence-corrected chi connectivity index (χ0v) is 13.3. The quantitative estimate of drug-likeness (QED) is 0.719. The molecular weight excluding hydrogens is 314 g/mol. The van der Waals surface area contributed by atoms with Crippen molar-refractivity contribution in [1.29, 1.82) is 0 Å². The smallest absolute Gasteiger partial charge is 0.276 e. The summed E-state index contributed by atoms with van der Waals surface area (Å²) < 4.78 is 5.73. The third kappa shape index (κ3) is 2.16. The summed E-state index contributed by atoms with van der Waals surface area (Å²) in [7, 11) is 0. The van der Waals surface area contributed by atoms with Crippen LogP contribution in [0.5, 0.6) is 0 Å². The van der Waals surface area contributed by atoms with Crippen LogP contribution in [0, 0.1) is 0 Å². The van der Waals surface area contributed by atoms with Crippen LogP contribution >= 0.6 is 0 Å². The fourth-order valence-electron chi connectivity index (χ4n) is 3.27. The van der Waals surface area contributed by atoms with Gasteiger partial charge in [-0.3, -0.25) is 4.79 Å². The molecule has 5 rings (SSSR count). The lowest BCUT2D eigenvalue weighted by molar-refractivity contribution is -0.120. The van der Waals surface area contributed by atoms with Gasteiger partial charge in [-0.2, -0.15) is 0 Å². The maximum Gasteiger partial charge on any atom is 0.276 e. The van der Waals surface area contributed by atoms with E-state index >= 15 is 0 Å². The second-order valence-corrected chi connectivity index (χ2v) is 6.26. The molecule has 2 aliphatic heterocycles. The molecule has 25 heavy (non-hydrogen) atoms. The van der Waals surface area contributed by atoms with E-state index in [-0.39, 0.29) is 12.5 Å². The minimum absolute atomic E-state index is 0.162. The van der Waals surface area contributed by atoms with E-state index in [1.807, 2.05) is 66.7 Å². The minimum atomic E-state index is -1.12. The molecule has 0 saturated carbocycles. The first-order valence-electron chi connectivity index (χ1n) is 8.14. The summed E-state index contributed by atoms with van der Waals surface area (Å²) in [5, 5.41) is 8.44. The van der Waals surface area contributed by atoms with Crippen LogP contribution in [0.25, 0.3) is 10.8 Å². The average Bonchev–Trinajstić information content (AvgIpc) is 3.07. The molecule has 1 amide bonds. The van der Waals surface area contributed by atoms with Crippen molar-refractivity contribution < 1.29 is 9.53 Å². The highest BCUT2D eigenvalue weighted by Crippen LogP contribution is 2.37. The highest BCUT2D eigenvalue weighted by Gasteiger charge is 2.47. The van der Waals surface area contributed by atoms with E-state index in [9.17, 15) is 4.79 Å². The molecule has 0 aromatic heterocycles. The van der Waals surface area contributed by atoms with Gasteiger partial charge in [-0.15, -0.1) is 0 Å². The van der Waals surface area contributed by atoms with E-state index in [4.69, 9.17) is 4.74 Å². The van der Waals surface area contributed by atoms with Crippen molar-refractivity contribution in [2.45, 2.75) is 5.66 Å². The number of hydrogen-bond acceptors (Lipinski definition) is 4. The fraction of sp³-hybridized carbons (Fsp3) is 0.100. The fourth-order valence-corrected chi connectivity index (χ4v) is 3.27. The van der Waals surface area contributed by atoms with Gasteiger partial charge < -0.3 is 15.4 Å². The van der Waals surface area contributed by atoms with Crippen LogP contribution in [0.1, 0.15) is 5.56 Å². The Morgan fingerprint density at radius 2 is 1.60 bits per heavy atom. The molecule has 5 heteroatoms. The van der Waals surface area contributed by atoms with Crippen molar-refractivity contribution in [3.63, 3.8) is 0 Å². The van der Waals surface area contributed by atoms with Crippen LogP contribution in [0.3, 0.4) is 0 Å². The van der Waals surface area contributed by atoms with E-state index in [0.717, 1.165) is 27.7 Å². The molecule has 2 aliphatic rings. The van der Waals surface area contributed by atoms with E-state index in [1.165, 1.54) is 0 Å². The molecule has 122 valence electrons. The lowest BCUT2D eigenvalue weighted by Gasteiger charge is -2.32. The first-order chi connectivity index (χ1) is 12.2. The molecule has 0 saturated heterocycles. The number of fused-ring (bicyclic) bond motifs is 2. The number of carbonyl (C=O) groups is 1. The number of nitrogens with one attached hydrogen (secondary N) is 2. The van der Waals surface area contributed by atoms with Crippen LogP contribution < -0.4 is 10.6 Å². The first kappa shape index (κ1) is 14.0. The summed E-state index contributed by atoms with van der Waals surface area (Å²) >= 11 is 0. The molecule has 2 heterocycles. The van der Waals surface area contributed by atoms with Gasteiger partial charge in [0.1, 0.15) is 6.61 Å². The topological polar surface area (TPSA) is 62.7 Å². The average molecular weight is 329 g/mol. The van der Waals surface area contributed by atoms with Crippen LogP contribution in [0.4, 0.5) is 11.4 Å². The SMILES string of the molecule is O=C1Nc2cc3ccccc3cc2NC12COC(c1ccccc1)=N2. The number of nitrogens with zero attached hydrogens (tertiary/aromatic N) is 1. The van der Waals surface area contributed by atoms with Crippen LogP contribution in [-0.4, -0.2) is 24.1 Å². The number of rotatable bonds is 1. The van der Waals surface area contributed by atoms with Crippen LogP contribution in [0.15, 0.2) is 71.7 Å². The standard InChI is InChI=1S/C20H15N3O2/c24-19-20(12-25-18(23-20)13-6-2-1-3-7-13)22-17-11-15-9-5-4-8-14(15)10-16(17)21-19/h1-11,22H,12H2,(H,21,24). The van der Waals surface area contributed by atoms with Crippen molar-refractivity contribution in [3.8, 4) is 0 Å². The number of carbonyl (C=O) groups excluding carboxylic acids is 1. The van der Waals surface area contributed by atoms with Crippen LogP contribution in [-0.2, 0) is 9.53 Å². The van der Waals surface area contributed by atoms with Crippen molar-refractivity contribution in [1.82, 2.24) is 0 Å². The molecule has 1 unspecified atom stereocenters. The predicted molar refractivity (Wildman–Crippen MR) is 97.9 cm³/mol. The number of aliphatic imine (C=N–C) groups is 1. The Balaban J connectivity index is 1.58. The zero-order valence-electron chi connectivity index (χ0n) is 13.3. The third-order valence-corrected chi connectivity index (χ3v) is 4.58. The van der Waals surface area contributed by atoms with Gasteiger partial charge in [-0.1, -0.05) is 42.5 Å². The molecule has 2 N–H and O–H groups in total. The monoisotopic (exact) mass is 329 g/mol. The summed E-state index contributed by atoms with van der Waals surface area (Å²) in [5.41, 5.74) is 1.34. The Labute approximate surface area is 144 Å². The Morgan fingerprint density at radius 3 is 2.36 bits per heavy atom. The number of ether oxygens (including phenoxy) is 1. The second-order valence-electron chi connectivity index (χ2n) is 6.26. The van der Waals surface area contributed by atoms with Gasteiger partial charge >= 0.3 is 0 Å². The lowest BCUT2D eigenvalue weighted by atomic mass is 10.0. The molecule has 0 bridgehead atoms. The van der Waals surface area contributed by atoms with Gasteiger partial charge in [0.05, 0.1) is 11.4 Å². The molecule has 1 spiro atoms. The third-order valence-electron chi connectivity index (χ3n) is 4.58. The maximum atomic E-state index is 12.7. The van der Waals surface area contributed by atoms with E-state index in [1.54, 1.807) is 0 Å². The number of hydrogen-bond donors (Lipinski definition) is 2. The molecule has 0 radical (unpaired) electrons. The Morgan fingerprint density at radius 1 is 0.920 bits per heavy atom.